The van der Waals surface area contributed by atoms with E-state index in [1.807, 2.05) is 6.07 Å². The fourth-order valence-corrected chi connectivity index (χ4v) is 2.08. The van der Waals surface area contributed by atoms with Gasteiger partial charge in [0.2, 0.25) is 0 Å². The van der Waals surface area contributed by atoms with Gasteiger partial charge in [0.1, 0.15) is 6.07 Å². The van der Waals surface area contributed by atoms with Gasteiger partial charge in [0.15, 0.2) is 11.6 Å². The zero-order valence-corrected chi connectivity index (χ0v) is 12.6. The first kappa shape index (κ1) is 15.0. The standard InChI is InChI=1S/C15H10BrFN2O2/c1-21-14-5-3-9(6-12(14)17)15(20)19-13-7-11(16)4-2-10(13)8-18/h2-7H,1H3,(H,19,20). The van der Waals surface area contributed by atoms with E-state index in [1.165, 1.54) is 19.2 Å². The first-order valence-electron chi connectivity index (χ1n) is 5.89. The minimum atomic E-state index is -0.625. The van der Waals surface area contributed by atoms with E-state index in [1.54, 1.807) is 18.2 Å². The van der Waals surface area contributed by atoms with Crippen LogP contribution in [0.15, 0.2) is 40.9 Å². The van der Waals surface area contributed by atoms with Crippen LogP contribution in [0.5, 0.6) is 5.75 Å². The minimum absolute atomic E-state index is 0.0618. The van der Waals surface area contributed by atoms with Gasteiger partial charge in [0.25, 0.3) is 5.91 Å². The van der Waals surface area contributed by atoms with Crippen LogP contribution in [0.3, 0.4) is 0 Å². The van der Waals surface area contributed by atoms with Crippen LogP contribution in [0.2, 0.25) is 0 Å². The lowest BCUT2D eigenvalue weighted by Crippen LogP contribution is -2.13. The lowest BCUT2D eigenvalue weighted by molar-refractivity contribution is 0.102. The third-order valence-electron chi connectivity index (χ3n) is 2.76. The number of hydrogen-bond acceptors (Lipinski definition) is 3. The van der Waals surface area contributed by atoms with Gasteiger partial charge in [-0.25, -0.2) is 4.39 Å². The van der Waals surface area contributed by atoms with Crippen molar-refractivity contribution in [2.24, 2.45) is 0 Å². The van der Waals surface area contributed by atoms with E-state index in [0.717, 1.165) is 10.5 Å². The average molecular weight is 349 g/mol. The molecule has 6 heteroatoms. The molecule has 0 radical (unpaired) electrons. The molecule has 0 aliphatic carbocycles. The van der Waals surface area contributed by atoms with Crippen LogP contribution in [0.25, 0.3) is 0 Å². The second-order valence-electron chi connectivity index (χ2n) is 4.11. The molecule has 1 N–H and O–H groups in total. The van der Waals surface area contributed by atoms with E-state index in [2.05, 4.69) is 21.2 Å². The molecular formula is C15H10BrFN2O2. The summed E-state index contributed by atoms with van der Waals surface area (Å²) in [5.41, 5.74) is 0.811. The van der Waals surface area contributed by atoms with Crippen molar-refractivity contribution in [1.82, 2.24) is 0 Å². The number of carbonyl (C=O) groups is 1. The summed E-state index contributed by atoms with van der Waals surface area (Å²) >= 11 is 3.26. The first-order valence-corrected chi connectivity index (χ1v) is 6.69. The van der Waals surface area contributed by atoms with Crippen molar-refractivity contribution >= 4 is 27.5 Å². The third kappa shape index (κ3) is 3.38. The zero-order chi connectivity index (χ0) is 15.4. The van der Waals surface area contributed by atoms with Crippen LogP contribution in [0, 0.1) is 17.1 Å². The molecule has 4 nitrogen and oxygen atoms in total. The minimum Gasteiger partial charge on any atom is -0.494 e. The van der Waals surface area contributed by atoms with Gasteiger partial charge in [-0.05, 0) is 36.4 Å². The summed E-state index contributed by atoms with van der Waals surface area (Å²) in [6.45, 7) is 0. The smallest absolute Gasteiger partial charge is 0.255 e. The molecule has 0 atom stereocenters. The maximum absolute atomic E-state index is 13.6. The number of anilines is 1. The molecule has 21 heavy (non-hydrogen) atoms. The van der Waals surface area contributed by atoms with Gasteiger partial charge < -0.3 is 10.1 Å². The van der Waals surface area contributed by atoms with Crippen molar-refractivity contribution in [3.63, 3.8) is 0 Å². The van der Waals surface area contributed by atoms with E-state index in [0.29, 0.717) is 11.3 Å². The lowest BCUT2D eigenvalue weighted by atomic mass is 10.1. The number of ether oxygens (including phenoxy) is 1. The van der Waals surface area contributed by atoms with Gasteiger partial charge in [-0.2, -0.15) is 5.26 Å². The number of nitrogens with zero attached hydrogens (tertiary/aromatic N) is 1. The summed E-state index contributed by atoms with van der Waals surface area (Å²) in [7, 11) is 1.35. The lowest BCUT2D eigenvalue weighted by Gasteiger charge is -2.08. The molecule has 0 spiro atoms. The molecule has 2 rings (SSSR count). The largest absolute Gasteiger partial charge is 0.494 e. The van der Waals surface area contributed by atoms with Gasteiger partial charge in [-0.3, -0.25) is 4.79 Å². The van der Waals surface area contributed by atoms with Crippen LogP contribution in [-0.2, 0) is 0 Å². The Morgan fingerprint density at radius 2 is 2.10 bits per heavy atom. The number of benzene rings is 2. The quantitative estimate of drug-likeness (QED) is 0.919. The SMILES string of the molecule is COc1ccc(C(=O)Nc2cc(Br)ccc2C#N)cc1F. The zero-order valence-electron chi connectivity index (χ0n) is 11.0. The van der Waals surface area contributed by atoms with Crippen molar-refractivity contribution in [3.05, 3.63) is 57.8 Å². The normalized spacial score (nSPS) is 9.81. The van der Waals surface area contributed by atoms with Crippen molar-refractivity contribution < 1.29 is 13.9 Å². The fourth-order valence-electron chi connectivity index (χ4n) is 1.72. The van der Waals surface area contributed by atoms with E-state index in [4.69, 9.17) is 10.00 Å². The molecular weight excluding hydrogens is 339 g/mol. The Labute approximate surface area is 129 Å². The monoisotopic (exact) mass is 348 g/mol. The molecule has 0 unspecified atom stereocenters. The molecule has 2 aromatic carbocycles. The Morgan fingerprint density at radius 3 is 2.71 bits per heavy atom. The maximum atomic E-state index is 13.6. The predicted octanol–water partition coefficient (Wildman–Crippen LogP) is 3.72. The highest BCUT2D eigenvalue weighted by Crippen LogP contribution is 2.23. The molecule has 0 fully saturated rings. The molecule has 106 valence electrons. The number of amides is 1. The van der Waals surface area contributed by atoms with Crippen molar-refractivity contribution in [1.29, 1.82) is 5.26 Å². The second-order valence-corrected chi connectivity index (χ2v) is 5.02. The average Bonchev–Trinajstić information content (AvgIpc) is 2.47. The van der Waals surface area contributed by atoms with Gasteiger partial charge in [-0.1, -0.05) is 15.9 Å². The van der Waals surface area contributed by atoms with Crippen LogP contribution in [0.1, 0.15) is 15.9 Å². The van der Waals surface area contributed by atoms with Gasteiger partial charge in [0, 0.05) is 10.0 Å². The van der Waals surface area contributed by atoms with Crippen molar-refractivity contribution in [3.8, 4) is 11.8 Å². The Morgan fingerprint density at radius 1 is 1.33 bits per heavy atom. The van der Waals surface area contributed by atoms with Crippen LogP contribution < -0.4 is 10.1 Å². The summed E-state index contributed by atoms with van der Waals surface area (Å²) in [4.78, 5) is 12.1. The number of methoxy groups -OCH3 is 1. The Balaban J connectivity index is 2.28. The van der Waals surface area contributed by atoms with Crippen LogP contribution >= 0.6 is 15.9 Å². The number of nitrogens with one attached hydrogen (secondary N) is 1. The first-order chi connectivity index (χ1) is 10.0. The van der Waals surface area contributed by atoms with Gasteiger partial charge >= 0.3 is 0 Å². The molecule has 0 saturated carbocycles. The summed E-state index contributed by atoms with van der Waals surface area (Å²) in [5, 5.41) is 11.6. The molecule has 0 heterocycles. The maximum Gasteiger partial charge on any atom is 0.255 e. The molecule has 2 aromatic rings. The molecule has 0 aromatic heterocycles. The Hall–Kier alpha value is -2.39. The highest BCUT2D eigenvalue weighted by atomic mass is 79.9. The fraction of sp³-hybridized carbons (Fsp3) is 0.0667. The molecule has 0 bridgehead atoms. The topological polar surface area (TPSA) is 62.1 Å². The Bertz CT molecular complexity index is 741. The van der Waals surface area contributed by atoms with Gasteiger partial charge in [-0.15, -0.1) is 0 Å². The van der Waals surface area contributed by atoms with Gasteiger partial charge in [0.05, 0.1) is 18.4 Å². The van der Waals surface area contributed by atoms with Crippen LogP contribution in [0.4, 0.5) is 10.1 Å². The van der Waals surface area contributed by atoms with E-state index < -0.39 is 11.7 Å². The number of carbonyl (C=O) groups excluding carboxylic acids is 1. The van der Waals surface area contributed by atoms with Crippen LogP contribution in [-0.4, -0.2) is 13.0 Å². The van der Waals surface area contributed by atoms with Crippen molar-refractivity contribution in [2.45, 2.75) is 0 Å². The predicted molar refractivity (Wildman–Crippen MR) is 79.8 cm³/mol. The summed E-state index contributed by atoms with van der Waals surface area (Å²) in [6, 6.07) is 10.8. The molecule has 1 amide bonds. The summed E-state index contributed by atoms with van der Waals surface area (Å²) < 4.78 is 19.1. The van der Waals surface area contributed by atoms with E-state index >= 15 is 0 Å². The summed E-state index contributed by atoms with van der Waals surface area (Å²) in [6.07, 6.45) is 0. The highest BCUT2D eigenvalue weighted by molar-refractivity contribution is 9.10. The van der Waals surface area contributed by atoms with E-state index in [9.17, 15) is 9.18 Å². The third-order valence-corrected chi connectivity index (χ3v) is 3.26. The number of hydrogen-bond donors (Lipinski definition) is 1. The number of halogens is 2. The second kappa shape index (κ2) is 6.37. The highest BCUT2D eigenvalue weighted by Gasteiger charge is 2.12. The molecule has 0 aliphatic heterocycles. The summed E-state index contributed by atoms with van der Waals surface area (Å²) in [5.74, 6) is -1.07. The Kier molecular flexibility index (Phi) is 4.55. The molecule has 0 saturated heterocycles. The number of rotatable bonds is 3. The van der Waals surface area contributed by atoms with Crippen molar-refractivity contribution in [2.75, 3.05) is 12.4 Å². The van der Waals surface area contributed by atoms with E-state index in [-0.39, 0.29) is 11.3 Å². The molecule has 0 aliphatic rings. The number of nitriles is 1.